The van der Waals surface area contributed by atoms with Crippen molar-refractivity contribution in [3.8, 4) is 11.8 Å². The van der Waals surface area contributed by atoms with E-state index in [4.69, 9.17) is 15.9 Å². The second-order valence-corrected chi connectivity index (χ2v) is 3.27. The lowest BCUT2D eigenvalue weighted by Crippen LogP contribution is -2.17. The Morgan fingerprint density at radius 3 is 3.00 bits per heavy atom. The molecule has 0 amide bonds. The van der Waals surface area contributed by atoms with Crippen LogP contribution in [0.15, 0.2) is 11.0 Å². The molecule has 0 aliphatic heterocycles. The summed E-state index contributed by atoms with van der Waals surface area (Å²) in [6.07, 6.45) is 0.686. The van der Waals surface area contributed by atoms with Gasteiger partial charge in [0.15, 0.2) is 0 Å². The fraction of sp³-hybridized carbons (Fsp3) is 0.400. The van der Waals surface area contributed by atoms with E-state index >= 15 is 0 Å². The molecule has 0 saturated heterocycles. The van der Waals surface area contributed by atoms with Crippen LogP contribution in [0.1, 0.15) is 12.0 Å². The maximum atomic E-state index is 11.3. The number of aliphatic hydroxyl groups is 2. The third kappa shape index (κ3) is 3.08. The molecular weight excluding hydrogens is 210 g/mol. The molecule has 1 rings (SSSR count). The fourth-order valence-corrected chi connectivity index (χ4v) is 0.972. The van der Waals surface area contributed by atoms with Crippen molar-refractivity contribution in [2.24, 2.45) is 7.05 Å². The third-order valence-electron chi connectivity index (χ3n) is 1.90. The van der Waals surface area contributed by atoms with Crippen LogP contribution in [0, 0.1) is 11.8 Å². The van der Waals surface area contributed by atoms with Gasteiger partial charge in [-0.1, -0.05) is 11.8 Å². The molecule has 0 fully saturated rings. The first-order chi connectivity index (χ1) is 7.54. The van der Waals surface area contributed by atoms with Crippen molar-refractivity contribution in [2.75, 3.05) is 12.3 Å². The molecule has 1 heterocycles. The summed E-state index contributed by atoms with van der Waals surface area (Å²) in [5.74, 6) is 5.28. The predicted octanol–water partition coefficient (Wildman–Crippen LogP) is -1.54. The molecule has 4 N–H and O–H groups in total. The monoisotopic (exact) mass is 223 g/mol. The molecule has 0 aliphatic carbocycles. The minimum Gasteiger partial charge on any atom is -0.394 e. The number of anilines is 1. The first-order valence-electron chi connectivity index (χ1n) is 4.65. The number of nitrogens with zero attached hydrogens (tertiary/aromatic N) is 2. The van der Waals surface area contributed by atoms with Gasteiger partial charge >= 0.3 is 0 Å². The van der Waals surface area contributed by atoms with E-state index in [2.05, 4.69) is 16.8 Å². The largest absolute Gasteiger partial charge is 0.394 e. The summed E-state index contributed by atoms with van der Waals surface area (Å²) >= 11 is 0. The second-order valence-electron chi connectivity index (χ2n) is 3.27. The van der Waals surface area contributed by atoms with Crippen LogP contribution >= 0.6 is 0 Å². The molecule has 0 aromatic carbocycles. The highest BCUT2D eigenvalue weighted by atomic mass is 16.3. The molecule has 0 unspecified atom stereocenters. The van der Waals surface area contributed by atoms with Gasteiger partial charge in [-0.15, -0.1) is 0 Å². The molecule has 16 heavy (non-hydrogen) atoms. The van der Waals surface area contributed by atoms with E-state index in [1.54, 1.807) is 7.05 Å². The Labute approximate surface area is 92.4 Å². The molecule has 6 nitrogen and oxygen atoms in total. The van der Waals surface area contributed by atoms with Crippen LogP contribution in [-0.2, 0) is 7.05 Å². The molecule has 1 atom stereocenters. The fourth-order valence-electron chi connectivity index (χ4n) is 0.972. The first kappa shape index (κ1) is 12.2. The van der Waals surface area contributed by atoms with Crippen molar-refractivity contribution in [3.05, 3.63) is 22.1 Å². The number of aryl methyl sites for hydroxylation is 1. The molecular formula is C10H13N3O3. The van der Waals surface area contributed by atoms with Crippen LogP contribution in [0.4, 0.5) is 5.95 Å². The molecule has 6 heteroatoms. The molecule has 0 spiro atoms. The van der Waals surface area contributed by atoms with E-state index in [1.165, 1.54) is 10.8 Å². The van der Waals surface area contributed by atoms with Crippen LogP contribution < -0.4 is 11.3 Å². The van der Waals surface area contributed by atoms with Gasteiger partial charge in [0.2, 0.25) is 5.95 Å². The number of nitrogens with two attached hydrogens (primary N) is 1. The molecule has 1 aromatic heterocycles. The van der Waals surface area contributed by atoms with Gasteiger partial charge in [0.25, 0.3) is 5.56 Å². The molecule has 0 bridgehead atoms. The second kappa shape index (κ2) is 5.30. The highest BCUT2D eigenvalue weighted by molar-refractivity contribution is 5.33. The normalized spacial score (nSPS) is 11.7. The Bertz CT molecular complexity index is 484. The Morgan fingerprint density at radius 1 is 1.69 bits per heavy atom. The Kier molecular flexibility index (Phi) is 4.05. The van der Waals surface area contributed by atoms with Crippen molar-refractivity contribution in [1.29, 1.82) is 0 Å². The van der Waals surface area contributed by atoms with Gasteiger partial charge in [-0.25, -0.2) is 0 Å². The van der Waals surface area contributed by atoms with Gasteiger partial charge in [-0.3, -0.25) is 4.79 Å². The molecule has 0 radical (unpaired) electrons. The lowest BCUT2D eigenvalue weighted by Gasteiger charge is -2.01. The van der Waals surface area contributed by atoms with Gasteiger partial charge in [-0.2, -0.15) is 4.98 Å². The molecule has 86 valence electrons. The SMILES string of the molecule is Cn1cc(C#CC[C@H](O)CO)c(=O)nc1N. The van der Waals surface area contributed by atoms with E-state index in [-0.39, 0.29) is 24.5 Å². The zero-order chi connectivity index (χ0) is 12.1. The van der Waals surface area contributed by atoms with Crippen molar-refractivity contribution in [2.45, 2.75) is 12.5 Å². The van der Waals surface area contributed by atoms with Crippen LogP contribution in [0.3, 0.4) is 0 Å². The van der Waals surface area contributed by atoms with Gasteiger partial charge in [0.1, 0.15) is 5.56 Å². The number of hydrogen-bond donors (Lipinski definition) is 3. The van der Waals surface area contributed by atoms with Crippen LogP contribution in [-0.4, -0.2) is 32.5 Å². The van der Waals surface area contributed by atoms with Crippen molar-refractivity contribution < 1.29 is 10.2 Å². The third-order valence-corrected chi connectivity index (χ3v) is 1.90. The Balaban J connectivity index is 2.89. The summed E-state index contributed by atoms with van der Waals surface area (Å²) in [5.41, 5.74) is 5.13. The molecule has 0 aliphatic rings. The number of aliphatic hydroxyl groups excluding tert-OH is 2. The maximum Gasteiger partial charge on any atom is 0.290 e. The van der Waals surface area contributed by atoms with E-state index in [9.17, 15) is 4.79 Å². The van der Waals surface area contributed by atoms with Crippen LogP contribution in [0.25, 0.3) is 0 Å². The number of hydrogen-bond acceptors (Lipinski definition) is 5. The average molecular weight is 223 g/mol. The van der Waals surface area contributed by atoms with E-state index < -0.39 is 11.7 Å². The molecule has 1 aromatic rings. The summed E-state index contributed by atoms with van der Waals surface area (Å²) < 4.78 is 1.48. The van der Waals surface area contributed by atoms with E-state index in [0.29, 0.717) is 0 Å². The van der Waals surface area contributed by atoms with Gasteiger partial charge in [0.05, 0.1) is 12.7 Å². The Hall–Kier alpha value is -1.84. The lowest BCUT2D eigenvalue weighted by molar-refractivity contribution is 0.0992. The lowest BCUT2D eigenvalue weighted by atomic mass is 10.2. The Morgan fingerprint density at radius 2 is 2.38 bits per heavy atom. The van der Waals surface area contributed by atoms with Crippen molar-refractivity contribution in [3.63, 3.8) is 0 Å². The molecule has 0 saturated carbocycles. The average Bonchev–Trinajstić information content (AvgIpc) is 2.25. The topological polar surface area (TPSA) is 101 Å². The van der Waals surface area contributed by atoms with E-state index in [0.717, 1.165) is 0 Å². The highest BCUT2D eigenvalue weighted by Crippen LogP contribution is 1.94. The minimum atomic E-state index is -0.891. The van der Waals surface area contributed by atoms with Crippen LogP contribution in [0.5, 0.6) is 0 Å². The summed E-state index contributed by atoms with van der Waals surface area (Å²) in [4.78, 5) is 14.9. The summed E-state index contributed by atoms with van der Waals surface area (Å²) in [7, 11) is 1.65. The van der Waals surface area contributed by atoms with Crippen LogP contribution in [0.2, 0.25) is 0 Å². The quantitative estimate of drug-likeness (QED) is 0.527. The zero-order valence-electron chi connectivity index (χ0n) is 8.84. The van der Waals surface area contributed by atoms with Gasteiger partial charge in [0, 0.05) is 19.7 Å². The summed E-state index contributed by atoms with van der Waals surface area (Å²) in [6.45, 7) is -0.354. The smallest absolute Gasteiger partial charge is 0.290 e. The minimum absolute atomic E-state index is 0.101. The highest BCUT2D eigenvalue weighted by Gasteiger charge is 2.01. The standard InChI is InChI=1S/C10H13N3O3/c1-13-5-7(9(16)12-10(13)11)3-2-4-8(15)6-14/h5,8,14-15H,4,6H2,1H3,(H2,11,12,16)/t8-/m0/s1. The van der Waals surface area contributed by atoms with E-state index in [1.807, 2.05) is 0 Å². The summed E-state index contributed by atoms with van der Waals surface area (Å²) in [6, 6.07) is 0. The number of nitrogen functional groups attached to an aromatic ring is 1. The maximum absolute atomic E-state index is 11.3. The number of rotatable bonds is 2. The predicted molar refractivity (Wildman–Crippen MR) is 58.5 cm³/mol. The van der Waals surface area contributed by atoms with Gasteiger partial charge in [-0.05, 0) is 0 Å². The van der Waals surface area contributed by atoms with Crippen molar-refractivity contribution >= 4 is 5.95 Å². The number of aromatic nitrogens is 2. The summed E-state index contributed by atoms with van der Waals surface area (Å²) in [5, 5.41) is 17.6. The van der Waals surface area contributed by atoms with Gasteiger partial charge < -0.3 is 20.5 Å². The zero-order valence-corrected chi connectivity index (χ0v) is 8.84. The first-order valence-corrected chi connectivity index (χ1v) is 4.65. The van der Waals surface area contributed by atoms with Crippen molar-refractivity contribution in [1.82, 2.24) is 9.55 Å².